The van der Waals surface area contributed by atoms with E-state index >= 15 is 0 Å². The lowest BCUT2D eigenvalue weighted by Gasteiger charge is -2.15. The summed E-state index contributed by atoms with van der Waals surface area (Å²) in [4.78, 5) is 15.8. The van der Waals surface area contributed by atoms with Gasteiger partial charge in [0, 0.05) is 22.8 Å². The number of nitrogens with one attached hydrogen (secondary N) is 2. The van der Waals surface area contributed by atoms with Gasteiger partial charge in [0.1, 0.15) is 0 Å². The Morgan fingerprint density at radius 2 is 1.75 bits per heavy atom. The second-order valence-electron chi connectivity index (χ2n) is 5.12. The summed E-state index contributed by atoms with van der Waals surface area (Å²) in [5.74, 6) is 0.924. The lowest BCUT2D eigenvalue weighted by atomic mass is 10.1. The first-order valence-corrected chi connectivity index (χ1v) is 7.35. The molecular weight excluding hydrogens is 308 g/mol. The standard InChI is InChI=1S/C18H18N2O4/c1-22-15-7-5-13(16(23-2)17(15)24-3)18(21)20-12-4-6-14-11(10-12)8-9-19-14/h4-10,19H,1-3H3,(H,20,21). The van der Waals surface area contributed by atoms with Crippen molar-refractivity contribution in [1.82, 2.24) is 4.98 Å². The Bertz CT molecular complexity index is 886. The average molecular weight is 326 g/mol. The van der Waals surface area contributed by atoms with Crippen LogP contribution in [0.3, 0.4) is 0 Å². The van der Waals surface area contributed by atoms with Crippen LogP contribution in [0.4, 0.5) is 5.69 Å². The van der Waals surface area contributed by atoms with E-state index < -0.39 is 0 Å². The van der Waals surface area contributed by atoms with Crippen LogP contribution in [0.25, 0.3) is 10.9 Å². The molecule has 0 spiro atoms. The summed E-state index contributed by atoms with van der Waals surface area (Å²) in [6.45, 7) is 0. The maximum absolute atomic E-state index is 12.6. The van der Waals surface area contributed by atoms with Crippen molar-refractivity contribution in [3.63, 3.8) is 0 Å². The number of amides is 1. The second-order valence-corrected chi connectivity index (χ2v) is 5.12. The van der Waals surface area contributed by atoms with E-state index in [-0.39, 0.29) is 5.91 Å². The number of H-pyrrole nitrogens is 1. The first-order valence-electron chi connectivity index (χ1n) is 7.35. The zero-order chi connectivity index (χ0) is 17.1. The number of hydrogen-bond acceptors (Lipinski definition) is 4. The first kappa shape index (κ1) is 15.7. The summed E-state index contributed by atoms with van der Waals surface area (Å²) in [5.41, 5.74) is 2.07. The molecule has 1 heterocycles. The lowest BCUT2D eigenvalue weighted by molar-refractivity contribution is 0.102. The molecule has 0 bridgehead atoms. The third-order valence-electron chi connectivity index (χ3n) is 3.76. The fourth-order valence-electron chi connectivity index (χ4n) is 2.61. The molecule has 0 aliphatic heterocycles. The summed E-state index contributed by atoms with van der Waals surface area (Å²) in [6, 6.07) is 10.9. The van der Waals surface area contributed by atoms with Crippen molar-refractivity contribution in [2.45, 2.75) is 0 Å². The van der Waals surface area contributed by atoms with Gasteiger partial charge >= 0.3 is 0 Å². The Morgan fingerprint density at radius 1 is 0.958 bits per heavy atom. The highest BCUT2D eigenvalue weighted by atomic mass is 16.5. The number of fused-ring (bicyclic) bond motifs is 1. The van der Waals surface area contributed by atoms with Crippen molar-refractivity contribution in [1.29, 1.82) is 0 Å². The largest absolute Gasteiger partial charge is 0.493 e. The molecule has 0 aliphatic carbocycles. The number of anilines is 1. The van der Waals surface area contributed by atoms with Crippen LogP contribution in [0.1, 0.15) is 10.4 Å². The maximum Gasteiger partial charge on any atom is 0.259 e. The molecule has 0 saturated heterocycles. The Kier molecular flexibility index (Phi) is 4.29. The molecule has 24 heavy (non-hydrogen) atoms. The molecule has 0 atom stereocenters. The number of hydrogen-bond donors (Lipinski definition) is 2. The minimum absolute atomic E-state index is 0.289. The van der Waals surface area contributed by atoms with Crippen LogP contribution in [-0.4, -0.2) is 32.2 Å². The smallest absolute Gasteiger partial charge is 0.259 e. The van der Waals surface area contributed by atoms with Crippen LogP contribution >= 0.6 is 0 Å². The predicted molar refractivity (Wildman–Crippen MR) is 92.3 cm³/mol. The van der Waals surface area contributed by atoms with Crippen molar-refractivity contribution in [2.24, 2.45) is 0 Å². The van der Waals surface area contributed by atoms with E-state index in [9.17, 15) is 4.79 Å². The van der Waals surface area contributed by atoms with Crippen LogP contribution in [0.5, 0.6) is 17.2 Å². The first-order chi connectivity index (χ1) is 11.7. The number of benzene rings is 2. The monoisotopic (exact) mass is 326 g/mol. The average Bonchev–Trinajstić information content (AvgIpc) is 3.07. The molecule has 2 aromatic carbocycles. The maximum atomic E-state index is 12.6. The predicted octanol–water partition coefficient (Wildman–Crippen LogP) is 3.45. The van der Waals surface area contributed by atoms with Gasteiger partial charge < -0.3 is 24.5 Å². The molecule has 3 rings (SSSR count). The minimum atomic E-state index is -0.289. The van der Waals surface area contributed by atoms with E-state index in [1.807, 2.05) is 30.5 Å². The van der Waals surface area contributed by atoms with Crippen LogP contribution in [-0.2, 0) is 0 Å². The summed E-state index contributed by atoms with van der Waals surface area (Å²) in [7, 11) is 4.52. The van der Waals surface area contributed by atoms with E-state index in [2.05, 4.69) is 10.3 Å². The Hall–Kier alpha value is -3.15. The van der Waals surface area contributed by atoms with E-state index in [1.54, 1.807) is 12.1 Å². The fraction of sp³-hybridized carbons (Fsp3) is 0.167. The summed E-state index contributed by atoms with van der Waals surface area (Å²) < 4.78 is 15.9. The normalized spacial score (nSPS) is 10.5. The van der Waals surface area contributed by atoms with Crippen molar-refractivity contribution in [3.05, 3.63) is 48.2 Å². The zero-order valence-electron chi connectivity index (χ0n) is 13.7. The van der Waals surface area contributed by atoms with Gasteiger partial charge in [0.25, 0.3) is 5.91 Å². The highest BCUT2D eigenvalue weighted by Gasteiger charge is 2.20. The lowest BCUT2D eigenvalue weighted by Crippen LogP contribution is -2.14. The highest BCUT2D eigenvalue weighted by Crippen LogP contribution is 2.40. The minimum Gasteiger partial charge on any atom is -0.493 e. The third kappa shape index (κ3) is 2.74. The number of aromatic nitrogens is 1. The zero-order valence-corrected chi connectivity index (χ0v) is 13.7. The van der Waals surface area contributed by atoms with Crippen molar-refractivity contribution in [2.75, 3.05) is 26.6 Å². The molecule has 0 fully saturated rings. The van der Waals surface area contributed by atoms with E-state index in [0.717, 1.165) is 10.9 Å². The SMILES string of the molecule is COc1ccc(C(=O)Nc2ccc3[nH]ccc3c2)c(OC)c1OC. The highest BCUT2D eigenvalue weighted by molar-refractivity contribution is 6.07. The van der Waals surface area contributed by atoms with Gasteiger partial charge in [-0.2, -0.15) is 0 Å². The molecule has 6 nitrogen and oxygen atoms in total. The molecule has 6 heteroatoms. The van der Waals surface area contributed by atoms with Crippen molar-refractivity contribution >= 4 is 22.5 Å². The van der Waals surface area contributed by atoms with E-state index in [1.165, 1.54) is 21.3 Å². The summed E-state index contributed by atoms with van der Waals surface area (Å²) in [5, 5.41) is 3.89. The van der Waals surface area contributed by atoms with Crippen molar-refractivity contribution in [3.8, 4) is 17.2 Å². The molecule has 0 unspecified atom stereocenters. The number of carbonyl (C=O) groups is 1. The summed E-state index contributed by atoms with van der Waals surface area (Å²) >= 11 is 0. The third-order valence-corrected chi connectivity index (χ3v) is 3.76. The summed E-state index contributed by atoms with van der Waals surface area (Å²) in [6.07, 6.45) is 1.85. The molecule has 124 valence electrons. The van der Waals surface area contributed by atoms with Crippen LogP contribution in [0.15, 0.2) is 42.6 Å². The van der Waals surface area contributed by atoms with Crippen LogP contribution in [0, 0.1) is 0 Å². The van der Waals surface area contributed by atoms with Gasteiger partial charge in [-0.05, 0) is 36.4 Å². The van der Waals surface area contributed by atoms with Gasteiger partial charge in [-0.1, -0.05) is 0 Å². The van der Waals surface area contributed by atoms with Crippen LogP contribution < -0.4 is 19.5 Å². The van der Waals surface area contributed by atoms with Crippen LogP contribution in [0.2, 0.25) is 0 Å². The number of aromatic amines is 1. The number of carbonyl (C=O) groups excluding carboxylic acids is 1. The molecule has 3 aromatic rings. The molecule has 1 aromatic heterocycles. The van der Waals surface area contributed by atoms with Gasteiger partial charge in [-0.25, -0.2) is 0 Å². The Morgan fingerprint density at radius 3 is 2.46 bits per heavy atom. The molecule has 1 amide bonds. The van der Waals surface area contributed by atoms with Gasteiger partial charge in [0.2, 0.25) is 5.75 Å². The Balaban J connectivity index is 1.94. The quantitative estimate of drug-likeness (QED) is 0.753. The molecule has 0 aliphatic rings. The topological polar surface area (TPSA) is 72.6 Å². The van der Waals surface area contributed by atoms with E-state index in [4.69, 9.17) is 14.2 Å². The van der Waals surface area contributed by atoms with Gasteiger partial charge in [0.15, 0.2) is 11.5 Å². The number of ether oxygens (including phenoxy) is 3. The number of methoxy groups -OCH3 is 3. The molecular formula is C18H18N2O4. The second kappa shape index (κ2) is 6.54. The van der Waals surface area contributed by atoms with Gasteiger partial charge in [0.05, 0.1) is 26.9 Å². The van der Waals surface area contributed by atoms with Gasteiger partial charge in [-0.3, -0.25) is 4.79 Å². The molecule has 0 saturated carbocycles. The van der Waals surface area contributed by atoms with Crippen molar-refractivity contribution < 1.29 is 19.0 Å². The molecule has 2 N–H and O–H groups in total. The van der Waals surface area contributed by atoms with E-state index in [0.29, 0.717) is 28.5 Å². The van der Waals surface area contributed by atoms with Gasteiger partial charge in [-0.15, -0.1) is 0 Å². The Labute approximate surface area is 139 Å². The molecule has 0 radical (unpaired) electrons. The fourth-order valence-corrected chi connectivity index (χ4v) is 2.61. The number of rotatable bonds is 5.